The van der Waals surface area contributed by atoms with Crippen LogP contribution in [0, 0.1) is 6.92 Å². The third-order valence-corrected chi connectivity index (χ3v) is 7.28. The Kier molecular flexibility index (Phi) is 7.07. The van der Waals surface area contributed by atoms with Gasteiger partial charge in [-0.25, -0.2) is 8.42 Å². The SMILES string of the molecule is CSc1ccccc1NC(=O)CN(c1ccccc1C)S(=O)(=O)c1ccc(Cl)cc1. The summed E-state index contributed by atoms with van der Waals surface area (Å²) in [6, 6.07) is 20.3. The van der Waals surface area contributed by atoms with Crippen LogP contribution in [0.3, 0.4) is 0 Å². The zero-order valence-corrected chi connectivity index (χ0v) is 18.9. The molecule has 5 nitrogen and oxygen atoms in total. The highest BCUT2D eigenvalue weighted by atomic mass is 35.5. The molecule has 0 spiro atoms. The van der Waals surface area contributed by atoms with Gasteiger partial charge in [0.05, 0.1) is 16.3 Å². The number of halogens is 1. The van der Waals surface area contributed by atoms with Gasteiger partial charge in [0.2, 0.25) is 5.91 Å². The molecule has 0 aliphatic carbocycles. The molecule has 3 rings (SSSR count). The quantitative estimate of drug-likeness (QED) is 0.492. The van der Waals surface area contributed by atoms with E-state index in [1.54, 1.807) is 31.2 Å². The van der Waals surface area contributed by atoms with Gasteiger partial charge in [-0.1, -0.05) is 41.9 Å². The van der Waals surface area contributed by atoms with Crippen LogP contribution >= 0.6 is 23.4 Å². The van der Waals surface area contributed by atoms with E-state index in [-0.39, 0.29) is 11.4 Å². The highest BCUT2D eigenvalue weighted by Crippen LogP contribution is 2.28. The van der Waals surface area contributed by atoms with E-state index in [2.05, 4.69) is 5.32 Å². The van der Waals surface area contributed by atoms with E-state index in [1.165, 1.54) is 36.0 Å². The van der Waals surface area contributed by atoms with Crippen LogP contribution in [0.2, 0.25) is 5.02 Å². The Morgan fingerprint density at radius 1 is 1.00 bits per heavy atom. The fourth-order valence-corrected chi connectivity index (χ4v) is 5.11. The zero-order chi connectivity index (χ0) is 21.7. The minimum Gasteiger partial charge on any atom is -0.323 e. The number of benzene rings is 3. The first-order valence-electron chi connectivity index (χ1n) is 9.09. The molecule has 0 aliphatic rings. The van der Waals surface area contributed by atoms with E-state index < -0.39 is 15.9 Å². The fraction of sp³-hybridized carbons (Fsp3) is 0.136. The molecule has 156 valence electrons. The predicted octanol–water partition coefficient (Wildman–Crippen LogP) is 5.20. The van der Waals surface area contributed by atoms with E-state index in [0.29, 0.717) is 16.4 Å². The molecule has 0 saturated carbocycles. The van der Waals surface area contributed by atoms with Crippen molar-refractivity contribution in [2.24, 2.45) is 0 Å². The molecule has 0 saturated heterocycles. The lowest BCUT2D eigenvalue weighted by atomic mass is 10.2. The molecule has 0 heterocycles. The van der Waals surface area contributed by atoms with Crippen molar-refractivity contribution in [2.45, 2.75) is 16.7 Å². The molecular weight excluding hydrogens is 440 g/mol. The number of nitrogens with one attached hydrogen (secondary N) is 1. The second kappa shape index (κ2) is 9.55. The number of carbonyl (C=O) groups is 1. The third-order valence-electron chi connectivity index (χ3n) is 4.45. The average molecular weight is 461 g/mol. The summed E-state index contributed by atoms with van der Waals surface area (Å²) in [6.07, 6.45) is 1.91. The van der Waals surface area contributed by atoms with Gasteiger partial charge in [-0.3, -0.25) is 9.10 Å². The van der Waals surface area contributed by atoms with Crippen molar-refractivity contribution in [3.05, 3.63) is 83.4 Å². The van der Waals surface area contributed by atoms with Gasteiger partial charge in [0.25, 0.3) is 10.0 Å². The first-order chi connectivity index (χ1) is 14.3. The van der Waals surface area contributed by atoms with E-state index in [0.717, 1.165) is 14.8 Å². The third kappa shape index (κ3) is 4.98. The Labute approximate surface area is 186 Å². The Morgan fingerprint density at radius 2 is 1.63 bits per heavy atom. The standard InChI is InChI=1S/C22H21ClN2O3S2/c1-16-7-3-5-9-20(16)25(30(27,28)18-13-11-17(23)12-14-18)15-22(26)24-19-8-4-6-10-21(19)29-2/h3-14H,15H2,1-2H3,(H,24,26). The summed E-state index contributed by atoms with van der Waals surface area (Å²) in [5, 5.41) is 3.26. The van der Waals surface area contributed by atoms with Crippen molar-refractivity contribution in [3.63, 3.8) is 0 Å². The monoisotopic (exact) mass is 460 g/mol. The van der Waals surface area contributed by atoms with Crippen LogP contribution in [-0.4, -0.2) is 27.1 Å². The van der Waals surface area contributed by atoms with Crippen LogP contribution in [0.15, 0.2) is 82.6 Å². The fourth-order valence-electron chi connectivity index (χ4n) is 2.94. The van der Waals surface area contributed by atoms with Crippen LogP contribution < -0.4 is 9.62 Å². The summed E-state index contributed by atoms with van der Waals surface area (Å²) in [5.74, 6) is -0.433. The number of sulfonamides is 1. The van der Waals surface area contributed by atoms with Crippen molar-refractivity contribution >= 4 is 50.7 Å². The Hall–Kier alpha value is -2.48. The molecule has 0 bridgehead atoms. The van der Waals surface area contributed by atoms with Crippen molar-refractivity contribution in [1.29, 1.82) is 0 Å². The molecule has 0 fully saturated rings. The predicted molar refractivity (Wildman–Crippen MR) is 124 cm³/mol. The van der Waals surface area contributed by atoms with E-state index in [1.807, 2.05) is 30.5 Å². The molecule has 3 aromatic rings. The number of nitrogens with zero attached hydrogens (tertiary/aromatic N) is 1. The van der Waals surface area contributed by atoms with Crippen molar-refractivity contribution in [2.75, 3.05) is 22.4 Å². The first kappa shape index (κ1) is 22.2. The van der Waals surface area contributed by atoms with E-state index >= 15 is 0 Å². The lowest BCUT2D eigenvalue weighted by Crippen LogP contribution is -2.38. The van der Waals surface area contributed by atoms with Gasteiger partial charge in [0.1, 0.15) is 6.54 Å². The number of aryl methyl sites for hydroxylation is 1. The molecule has 1 amide bonds. The number of rotatable bonds is 7. The number of carbonyl (C=O) groups excluding carboxylic acids is 1. The van der Waals surface area contributed by atoms with Crippen molar-refractivity contribution in [3.8, 4) is 0 Å². The molecule has 0 unspecified atom stereocenters. The lowest BCUT2D eigenvalue weighted by molar-refractivity contribution is -0.114. The van der Waals surface area contributed by atoms with E-state index in [4.69, 9.17) is 11.6 Å². The molecule has 0 aromatic heterocycles. The normalized spacial score (nSPS) is 11.2. The van der Waals surface area contributed by atoms with Crippen LogP contribution in [-0.2, 0) is 14.8 Å². The minimum atomic E-state index is -3.99. The van der Waals surface area contributed by atoms with Gasteiger partial charge in [0.15, 0.2) is 0 Å². The lowest BCUT2D eigenvalue weighted by Gasteiger charge is -2.25. The van der Waals surface area contributed by atoms with Gasteiger partial charge < -0.3 is 5.32 Å². The maximum Gasteiger partial charge on any atom is 0.264 e. The summed E-state index contributed by atoms with van der Waals surface area (Å²) in [4.78, 5) is 13.8. The van der Waals surface area contributed by atoms with Crippen molar-refractivity contribution < 1.29 is 13.2 Å². The summed E-state index contributed by atoms with van der Waals surface area (Å²) in [7, 11) is -3.99. The molecular formula is C22H21ClN2O3S2. The molecule has 0 aliphatic heterocycles. The summed E-state index contributed by atoms with van der Waals surface area (Å²) < 4.78 is 27.9. The molecule has 1 N–H and O–H groups in total. The summed E-state index contributed by atoms with van der Waals surface area (Å²) in [5.41, 5.74) is 1.83. The number of anilines is 2. The number of para-hydroxylation sites is 2. The van der Waals surface area contributed by atoms with Gasteiger partial charge in [-0.2, -0.15) is 0 Å². The zero-order valence-electron chi connectivity index (χ0n) is 16.5. The van der Waals surface area contributed by atoms with Crippen LogP contribution in [0.4, 0.5) is 11.4 Å². The maximum atomic E-state index is 13.4. The van der Waals surface area contributed by atoms with Crippen molar-refractivity contribution in [1.82, 2.24) is 0 Å². The molecule has 8 heteroatoms. The molecule has 0 atom stereocenters. The van der Waals surface area contributed by atoms with Gasteiger partial charge >= 0.3 is 0 Å². The number of hydrogen-bond acceptors (Lipinski definition) is 4. The highest BCUT2D eigenvalue weighted by molar-refractivity contribution is 7.98. The smallest absolute Gasteiger partial charge is 0.264 e. The first-order valence-corrected chi connectivity index (χ1v) is 12.1. The van der Waals surface area contributed by atoms with Gasteiger partial charge in [0, 0.05) is 9.92 Å². The van der Waals surface area contributed by atoms with Crippen LogP contribution in [0.1, 0.15) is 5.56 Å². The molecule has 3 aromatic carbocycles. The number of hydrogen-bond donors (Lipinski definition) is 1. The summed E-state index contributed by atoms with van der Waals surface area (Å²) >= 11 is 7.41. The van der Waals surface area contributed by atoms with E-state index in [9.17, 15) is 13.2 Å². The largest absolute Gasteiger partial charge is 0.323 e. The maximum absolute atomic E-state index is 13.4. The van der Waals surface area contributed by atoms with Gasteiger partial charge in [-0.15, -0.1) is 11.8 Å². The molecule has 0 radical (unpaired) electrons. The number of thioether (sulfide) groups is 1. The van der Waals surface area contributed by atoms with Crippen LogP contribution in [0.5, 0.6) is 0 Å². The van der Waals surface area contributed by atoms with Crippen LogP contribution in [0.25, 0.3) is 0 Å². The Bertz CT molecular complexity index is 1150. The van der Waals surface area contributed by atoms with Gasteiger partial charge in [-0.05, 0) is 61.2 Å². The second-order valence-corrected chi connectivity index (χ2v) is 9.65. The number of amides is 1. The minimum absolute atomic E-state index is 0.0625. The summed E-state index contributed by atoms with van der Waals surface area (Å²) in [6.45, 7) is 1.44. The highest BCUT2D eigenvalue weighted by Gasteiger charge is 2.28. The Balaban J connectivity index is 1.97. The molecule has 30 heavy (non-hydrogen) atoms. The average Bonchev–Trinajstić information content (AvgIpc) is 2.73. The Morgan fingerprint density at radius 3 is 2.30 bits per heavy atom. The topological polar surface area (TPSA) is 66.5 Å². The second-order valence-electron chi connectivity index (χ2n) is 6.50.